The zero-order chi connectivity index (χ0) is 59.6. The van der Waals surface area contributed by atoms with E-state index >= 15 is 0 Å². The zero-order valence-corrected chi connectivity index (χ0v) is 46.8. The van der Waals surface area contributed by atoms with E-state index in [-0.39, 0.29) is 102 Å². The highest BCUT2D eigenvalue weighted by atomic mass is 16.3. The number of benzene rings is 16. The highest BCUT2D eigenvalue weighted by molar-refractivity contribution is 6.20. The van der Waals surface area contributed by atoms with Gasteiger partial charge in [-0.3, -0.25) is 0 Å². The molecule has 0 heterocycles. The van der Waals surface area contributed by atoms with Gasteiger partial charge in [0.15, 0.2) is 0 Å². The Bertz CT molecular complexity index is 5340. The minimum absolute atomic E-state index is 0.0263. The average molecular weight is 1140 g/mol. The second-order valence-corrected chi connectivity index (χ2v) is 22.6. The Hall–Kier alpha value is -12.0. The van der Waals surface area contributed by atoms with Crippen LogP contribution in [0.3, 0.4) is 0 Å². The van der Waals surface area contributed by atoms with Crippen molar-refractivity contribution in [2.24, 2.45) is 0 Å². The minimum Gasteiger partial charge on any atom is -0.507 e. The van der Waals surface area contributed by atoms with Crippen LogP contribution < -0.4 is 0 Å². The number of fused-ring (bicyclic) bond motifs is 8. The van der Waals surface area contributed by atoms with Gasteiger partial charge in [0, 0.05) is 77.9 Å². The van der Waals surface area contributed by atoms with Crippen molar-refractivity contribution in [3.8, 4) is 124 Å². The fourth-order valence-corrected chi connectivity index (χ4v) is 13.8. The predicted molar refractivity (Wildman–Crippen MR) is 358 cm³/mol. The van der Waals surface area contributed by atoms with Crippen LogP contribution >= 0.6 is 0 Å². The molecule has 16 aromatic rings. The first-order valence-corrected chi connectivity index (χ1v) is 28.9. The van der Waals surface area contributed by atoms with E-state index < -0.39 is 0 Å². The van der Waals surface area contributed by atoms with Gasteiger partial charge in [-0.2, -0.15) is 0 Å². The van der Waals surface area contributed by atoms with Gasteiger partial charge in [0.05, 0.1) is 0 Å². The third-order valence-electron chi connectivity index (χ3n) is 17.8. The third-order valence-corrected chi connectivity index (χ3v) is 17.8. The molecule has 0 saturated heterocycles. The van der Waals surface area contributed by atoms with Crippen molar-refractivity contribution in [2.75, 3.05) is 0 Å². The Kier molecular flexibility index (Phi) is 11.6. The van der Waals surface area contributed by atoms with Crippen molar-refractivity contribution in [3.63, 3.8) is 0 Å². The smallest absolute Gasteiger partial charge is 0.132 e. The third kappa shape index (κ3) is 7.72. The number of phenolic OH excluding ortho intramolecular Hbond substituents is 8. The predicted octanol–water partition coefficient (Wildman–Crippen LogP) is 20.2. The maximum absolute atomic E-state index is 13.5. The van der Waals surface area contributed by atoms with Gasteiger partial charge in [-0.15, -0.1) is 0 Å². The number of hydrogen-bond acceptors (Lipinski definition) is 8. The van der Waals surface area contributed by atoms with Crippen LogP contribution in [0.5, 0.6) is 46.0 Å². The largest absolute Gasteiger partial charge is 0.507 e. The average Bonchev–Trinajstić information content (AvgIpc) is 0.841. The molecule has 8 nitrogen and oxygen atoms in total. The van der Waals surface area contributed by atoms with Crippen molar-refractivity contribution >= 4 is 86.2 Å². The quantitative estimate of drug-likeness (QED) is 0.0782. The molecule has 8 N–H and O–H groups in total. The molecular formula is C80H50O8. The minimum atomic E-state index is -0.259. The van der Waals surface area contributed by atoms with Crippen molar-refractivity contribution in [1.29, 1.82) is 0 Å². The Labute approximate surface area is 503 Å². The lowest BCUT2D eigenvalue weighted by atomic mass is 9.83. The highest BCUT2D eigenvalue weighted by Crippen LogP contribution is 2.59. The van der Waals surface area contributed by atoms with E-state index in [9.17, 15) is 40.9 Å². The molecule has 0 radical (unpaired) electrons. The van der Waals surface area contributed by atoms with E-state index in [2.05, 4.69) is 0 Å². The van der Waals surface area contributed by atoms with Crippen molar-refractivity contribution < 1.29 is 40.9 Å². The molecule has 0 amide bonds. The van der Waals surface area contributed by atoms with Crippen LogP contribution in [0.2, 0.25) is 0 Å². The molecule has 0 atom stereocenters. The topological polar surface area (TPSA) is 162 Å². The maximum atomic E-state index is 13.5. The maximum Gasteiger partial charge on any atom is 0.132 e. The summed E-state index contributed by atoms with van der Waals surface area (Å²) in [4.78, 5) is 0. The molecule has 16 rings (SSSR count). The standard InChI is InChI=1S/C80H50O8/c81-65-35-33-43-17-1-9-25-51(43)67(65)69-53-27-11-3-19-45(53)37-59(75(69)83)61-39-47-21-5-13-29-55(47)71(77(61)85)73-57-31-15-7-23-49(57)41-63(79(73)87)64-42-50-24-8-16-32-58(50)74(80(64)88)72-56-30-14-6-22-48(56)40-62(78(72)86)60-38-46-20-4-12-28-54(46)70(76(60)84)68-52-26-10-2-18-44(52)34-36-66(68)82/h1-42,81-88H. The van der Waals surface area contributed by atoms with Crippen LogP contribution in [-0.2, 0) is 0 Å². The van der Waals surface area contributed by atoms with Crippen LogP contribution in [0.25, 0.3) is 164 Å². The number of phenols is 8. The molecule has 0 aliphatic rings. The monoisotopic (exact) mass is 1140 g/mol. The van der Waals surface area contributed by atoms with Crippen LogP contribution in [0.1, 0.15) is 0 Å². The van der Waals surface area contributed by atoms with Crippen LogP contribution in [0.15, 0.2) is 255 Å². The SMILES string of the molecule is Oc1ccc2ccccc2c1-c1c(O)c(-c2cc3ccccc3c(-c3c(O)c(-c4cc5ccccc5c(-c5c(O)c(-c6cc7ccccc7c(-c7c(O)ccc8ccccc78)c6O)cc6ccccc56)c4O)cc4ccccc34)c2O)cc2ccccc12. The van der Waals surface area contributed by atoms with Gasteiger partial charge in [0.1, 0.15) is 46.0 Å². The van der Waals surface area contributed by atoms with Gasteiger partial charge in [0.2, 0.25) is 0 Å². The van der Waals surface area contributed by atoms with Crippen LogP contribution in [-0.4, -0.2) is 40.9 Å². The first kappa shape index (κ1) is 51.6. The van der Waals surface area contributed by atoms with Crippen LogP contribution in [0, 0.1) is 0 Å². The normalized spacial score (nSPS) is 11.8. The molecule has 0 fully saturated rings. The Morgan fingerprint density at radius 1 is 0.148 bits per heavy atom. The first-order valence-electron chi connectivity index (χ1n) is 28.9. The summed E-state index contributed by atoms with van der Waals surface area (Å²) in [6.07, 6.45) is 0. The van der Waals surface area contributed by atoms with Gasteiger partial charge in [0.25, 0.3) is 0 Å². The summed E-state index contributed by atoms with van der Waals surface area (Å²) in [7, 11) is 0. The number of aromatic hydroxyl groups is 8. The molecule has 0 aliphatic heterocycles. The van der Waals surface area contributed by atoms with E-state index in [0.717, 1.165) is 32.3 Å². The van der Waals surface area contributed by atoms with E-state index in [1.807, 2.05) is 243 Å². The zero-order valence-electron chi connectivity index (χ0n) is 46.8. The Morgan fingerprint density at radius 2 is 0.307 bits per heavy atom. The molecule has 418 valence electrons. The summed E-state index contributed by atoms with van der Waals surface area (Å²) in [5.74, 6) is -1.37. The Morgan fingerprint density at radius 3 is 0.511 bits per heavy atom. The van der Waals surface area contributed by atoms with Gasteiger partial charge >= 0.3 is 0 Å². The molecule has 0 spiro atoms. The number of hydrogen-bond donors (Lipinski definition) is 8. The fraction of sp³-hybridized carbons (Fsp3) is 0. The molecule has 0 aliphatic carbocycles. The highest BCUT2D eigenvalue weighted by Gasteiger charge is 2.31. The molecular weight excluding hydrogens is 1090 g/mol. The Balaban J connectivity index is 0.953. The second kappa shape index (κ2) is 19.8. The fourth-order valence-electron chi connectivity index (χ4n) is 13.8. The van der Waals surface area contributed by atoms with Crippen molar-refractivity contribution in [2.45, 2.75) is 0 Å². The number of rotatable bonds is 7. The van der Waals surface area contributed by atoms with Gasteiger partial charge < -0.3 is 40.9 Å². The molecule has 0 saturated carbocycles. The van der Waals surface area contributed by atoms with Gasteiger partial charge in [-0.1, -0.05) is 206 Å². The molecule has 16 aromatic carbocycles. The molecule has 88 heavy (non-hydrogen) atoms. The molecule has 8 heteroatoms. The summed E-state index contributed by atoms with van der Waals surface area (Å²) in [5.41, 5.74) is 4.28. The summed E-state index contributed by atoms with van der Waals surface area (Å²) < 4.78 is 0. The van der Waals surface area contributed by atoms with E-state index in [1.54, 1.807) is 12.1 Å². The molecule has 0 aromatic heterocycles. The first-order chi connectivity index (χ1) is 43.0. The van der Waals surface area contributed by atoms with E-state index in [4.69, 9.17) is 0 Å². The van der Waals surface area contributed by atoms with Gasteiger partial charge in [-0.25, -0.2) is 0 Å². The van der Waals surface area contributed by atoms with Crippen LogP contribution in [0.4, 0.5) is 0 Å². The van der Waals surface area contributed by atoms with E-state index in [1.165, 1.54) is 0 Å². The molecule has 0 unspecified atom stereocenters. The summed E-state index contributed by atoms with van der Waals surface area (Å²) in [5, 5.41) is 114. The second-order valence-electron chi connectivity index (χ2n) is 22.6. The van der Waals surface area contributed by atoms with E-state index in [0.29, 0.717) is 76.1 Å². The summed E-state index contributed by atoms with van der Waals surface area (Å²) in [6.45, 7) is 0. The lowest BCUT2D eigenvalue weighted by Gasteiger charge is -2.23. The van der Waals surface area contributed by atoms with Crippen molar-refractivity contribution in [1.82, 2.24) is 0 Å². The summed E-state index contributed by atoms with van der Waals surface area (Å²) in [6, 6.07) is 78.6. The molecule has 0 bridgehead atoms. The lowest BCUT2D eigenvalue weighted by Crippen LogP contribution is -1.95. The van der Waals surface area contributed by atoms with Gasteiger partial charge in [-0.05, 0) is 135 Å². The van der Waals surface area contributed by atoms with Crippen molar-refractivity contribution in [3.05, 3.63) is 255 Å². The lowest BCUT2D eigenvalue weighted by molar-refractivity contribution is 0.465. The summed E-state index contributed by atoms with van der Waals surface area (Å²) >= 11 is 0.